The van der Waals surface area contributed by atoms with E-state index in [1.54, 1.807) is 6.07 Å². The van der Waals surface area contributed by atoms with Gasteiger partial charge in [-0.25, -0.2) is 0 Å². The lowest BCUT2D eigenvalue weighted by molar-refractivity contribution is -0.385. The Morgan fingerprint density at radius 1 is 1.56 bits per heavy atom. The quantitative estimate of drug-likeness (QED) is 0.565. The number of hydrogen-bond donors (Lipinski definition) is 0. The van der Waals surface area contributed by atoms with Crippen molar-refractivity contribution in [2.75, 3.05) is 6.61 Å². The average Bonchev–Trinajstić information content (AvgIpc) is 2.59. The Labute approximate surface area is 92.3 Å². The Kier molecular flexibility index (Phi) is 2.61. The van der Waals surface area contributed by atoms with Crippen molar-refractivity contribution in [2.45, 2.75) is 25.7 Å². The molecule has 1 saturated heterocycles. The standard InChI is InChI=1S/C10H12N2O4/c1-10(2)15-6-9(16-10)8-4-3-7(5-11-8)12(13)14/h3-5,9H,6H2,1-2H3/t9-/m1/s1. The summed E-state index contributed by atoms with van der Waals surface area (Å²) < 4.78 is 11.0. The molecule has 0 aliphatic carbocycles. The number of pyridine rings is 1. The lowest BCUT2D eigenvalue weighted by Gasteiger charge is -2.16. The molecule has 0 amide bonds. The predicted molar refractivity (Wildman–Crippen MR) is 54.7 cm³/mol. The summed E-state index contributed by atoms with van der Waals surface area (Å²) in [6.07, 6.45) is 0.972. The van der Waals surface area contributed by atoms with E-state index in [9.17, 15) is 10.1 Å². The minimum Gasteiger partial charge on any atom is -0.347 e. The number of aromatic nitrogens is 1. The van der Waals surface area contributed by atoms with Crippen LogP contribution in [0.15, 0.2) is 18.3 Å². The van der Waals surface area contributed by atoms with Crippen molar-refractivity contribution in [3.8, 4) is 0 Å². The molecule has 0 bridgehead atoms. The normalized spacial score (nSPS) is 23.2. The van der Waals surface area contributed by atoms with E-state index in [0.29, 0.717) is 12.3 Å². The fourth-order valence-corrected chi connectivity index (χ4v) is 1.53. The summed E-state index contributed by atoms with van der Waals surface area (Å²) in [5, 5.41) is 10.4. The van der Waals surface area contributed by atoms with Crippen LogP contribution in [0, 0.1) is 10.1 Å². The largest absolute Gasteiger partial charge is 0.347 e. The van der Waals surface area contributed by atoms with Crippen molar-refractivity contribution in [1.82, 2.24) is 4.98 Å². The topological polar surface area (TPSA) is 74.5 Å². The maximum absolute atomic E-state index is 10.4. The molecule has 0 spiro atoms. The van der Waals surface area contributed by atoms with Crippen LogP contribution in [0.3, 0.4) is 0 Å². The molecular formula is C10H12N2O4. The van der Waals surface area contributed by atoms with Gasteiger partial charge in [-0.2, -0.15) is 0 Å². The molecule has 0 unspecified atom stereocenters. The van der Waals surface area contributed by atoms with Crippen LogP contribution < -0.4 is 0 Å². The Morgan fingerprint density at radius 2 is 2.31 bits per heavy atom. The van der Waals surface area contributed by atoms with E-state index in [4.69, 9.17) is 9.47 Å². The van der Waals surface area contributed by atoms with Crippen molar-refractivity contribution in [3.63, 3.8) is 0 Å². The maximum atomic E-state index is 10.4. The van der Waals surface area contributed by atoms with E-state index in [1.165, 1.54) is 12.3 Å². The SMILES string of the molecule is CC1(C)OC[C@H](c2ccc([N+](=O)[O-])cn2)O1. The third-order valence-corrected chi connectivity index (χ3v) is 2.32. The summed E-state index contributed by atoms with van der Waals surface area (Å²) in [5.41, 5.74) is 0.623. The van der Waals surface area contributed by atoms with Crippen LogP contribution in [0.1, 0.15) is 25.6 Å². The molecule has 1 fully saturated rings. The second kappa shape index (κ2) is 3.80. The summed E-state index contributed by atoms with van der Waals surface area (Å²) in [7, 11) is 0. The molecule has 6 heteroatoms. The smallest absolute Gasteiger partial charge is 0.287 e. The zero-order chi connectivity index (χ0) is 11.8. The first kappa shape index (κ1) is 11.0. The van der Waals surface area contributed by atoms with Crippen molar-refractivity contribution in [1.29, 1.82) is 0 Å². The average molecular weight is 224 g/mol. The van der Waals surface area contributed by atoms with Gasteiger partial charge < -0.3 is 9.47 Å². The predicted octanol–water partition coefficient (Wildman–Crippen LogP) is 1.81. The van der Waals surface area contributed by atoms with Crippen molar-refractivity contribution in [2.24, 2.45) is 0 Å². The second-order valence-electron chi connectivity index (χ2n) is 4.02. The molecule has 1 atom stereocenters. The molecular weight excluding hydrogens is 212 g/mol. The zero-order valence-electron chi connectivity index (χ0n) is 9.04. The Morgan fingerprint density at radius 3 is 2.75 bits per heavy atom. The molecule has 2 heterocycles. The molecule has 2 rings (SSSR count). The van der Waals surface area contributed by atoms with Crippen molar-refractivity contribution >= 4 is 5.69 Å². The highest BCUT2D eigenvalue weighted by Gasteiger charge is 2.34. The zero-order valence-corrected chi connectivity index (χ0v) is 9.04. The van der Waals surface area contributed by atoms with Gasteiger partial charge in [-0.05, 0) is 19.9 Å². The number of nitro groups is 1. The Hall–Kier alpha value is -1.53. The number of rotatable bonds is 2. The monoisotopic (exact) mass is 224 g/mol. The van der Waals surface area contributed by atoms with Gasteiger partial charge in [-0.3, -0.25) is 15.1 Å². The summed E-state index contributed by atoms with van der Waals surface area (Å²) in [5.74, 6) is -0.617. The van der Waals surface area contributed by atoms with Crippen LogP contribution in [-0.2, 0) is 9.47 Å². The van der Waals surface area contributed by atoms with Crippen LogP contribution in [0.2, 0.25) is 0 Å². The van der Waals surface area contributed by atoms with Crippen LogP contribution in [0.4, 0.5) is 5.69 Å². The molecule has 16 heavy (non-hydrogen) atoms. The van der Waals surface area contributed by atoms with Gasteiger partial charge in [0.15, 0.2) is 5.79 Å². The van der Waals surface area contributed by atoms with Gasteiger partial charge in [-0.15, -0.1) is 0 Å². The molecule has 0 N–H and O–H groups in total. The van der Waals surface area contributed by atoms with E-state index in [-0.39, 0.29) is 11.8 Å². The molecule has 1 aromatic heterocycles. The highest BCUT2D eigenvalue weighted by molar-refractivity contribution is 5.27. The number of nitrogens with zero attached hydrogens (tertiary/aromatic N) is 2. The lowest BCUT2D eigenvalue weighted by atomic mass is 10.2. The molecule has 0 radical (unpaired) electrons. The highest BCUT2D eigenvalue weighted by atomic mass is 16.7. The molecule has 0 saturated carbocycles. The number of ether oxygens (including phenoxy) is 2. The molecule has 6 nitrogen and oxygen atoms in total. The lowest BCUT2D eigenvalue weighted by Crippen LogP contribution is -2.19. The highest BCUT2D eigenvalue weighted by Crippen LogP contribution is 2.32. The molecule has 1 aliphatic heterocycles. The van der Waals surface area contributed by atoms with Gasteiger partial charge in [0.2, 0.25) is 0 Å². The molecule has 1 aliphatic rings. The van der Waals surface area contributed by atoms with Crippen molar-refractivity contribution in [3.05, 3.63) is 34.1 Å². The van der Waals surface area contributed by atoms with E-state index in [2.05, 4.69) is 4.98 Å². The van der Waals surface area contributed by atoms with E-state index >= 15 is 0 Å². The fraction of sp³-hybridized carbons (Fsp3) is 0.500. The van der Waals surface area contributed by atoms with Gasteiger partial charge >= 0.3 is 0 Å². The van der Waals surface area contributed by atoms with Gasteiger partial charge in [0.1, 0.15) is 12.3 Å². The fourth-order valence-electron chi connectivity index (χ4n) is 1.53. The molecule has 1 aromatic rings. The maximum Gasteiger partial charge on any atom is 0.287 e. The van der Waals surface area contributed by atoms with E-state index in [0.717, 1.165) is 0 Å². The minimum absolute atomic E-state index is 0.0260. The summed E-state index contributed by atoms with van der Waals surface area (Å²) in [6.45, 7) is 4.05. The second-order valence-corrected chi connectivity index (χ2v) is 4.02. The first-order valence-electron chi connectivity index (χ1n) is 4.90. The molecule has 86 valence electrons. The summed E-state index contributed by atoms with van der Waals surface area (Å²) >= 11 is 0. The van der Waals surface area contributed by atoms with E-state index < -0.39 is 10.7 Å². The first-order chi connectivity index (χ1) is 7.48. The van der Waals surface area contributed by atoms with Gasteiger partial charge in [-0.1, -0.05) is 0 Å². The summed E-state index contributed by atoms with van der Waals surface area (Å²) in [6, 6.07) is 3.00. The van der Waals surface area contributed by atoms with Crippen LogP contribution in [-0.4, -0.2) is 22.3 Å². The minimum atomic E-state index is -0.617. The van der Waals surface area contributed by atoms with Gasteiger partial charge in [0.05, 0.1) is 17.2 Å². The summed E-state index contributed by atoms with van der Waals surface area (Å²) in [4.78, 5) is 14.0. The van der Waals surface area contributed by atoms with Crippen LogP contribution in [0.25, 0.3) is 0 Å². The Bertz CT molecular complexity index is 402. The number of hydrogen-bond acceptors (Lipinski definition) is 5. The molecule has 0 aromatic carbocycles. The van der Waals surface area contributed by atoms with Gasteiger partial charge in [0, 0.05) is 6.07 Å². The first-order valence-corrected chi connectivity index (χ1v) is 4.90. The third-order valence-electron chi connectivity index (χ3n) is 2.32. The third kappa shape index (κ3) is 2.17. The van der Waals surface area contributed by atoms with Gasteiger partial charge in [0.25, 0.3) is 5.69 Å². The van der Waals surface area contributed by atoms with E-state index in [1.807, 2.05) is 13.8 Å². The Balaban J connectivity index is 2.14. The van der Waals surface area contributed by atoms with Crippen LogP contribution >= 0.6 is 0 Å². The van der Waals surface area contributed by atoms with Crippen LogP contribution in [0.5, 0.6) is 0 Å². The van der Waals surface area contributed by atoms with Crippen molar-refractivity contribution < 1.29 is 14.4 Å².